The smallest absolute Gasteiger partial charge is 0.0972 e. The van der Waals surface area contributed by atoms with Crippen LogP contribution < -0.4 is 0 Å². The van der Waals surface area contributed by atoms with E-state index in [4.69, 9.17) is 9.97 Å². The van der Waals surface area contributed by atoms with Crippen molar-refractivity contribution in [3.63, 3.8) is 0 Å². The molecule has 0 bridgehead atoms. The maximum Gasteiger partial charge on any atom is 0.0972 e. The Morgan fingerprint density at radius 2 is 0.879 bits per heavy atom. The highest BCUT2D eigenvalue weighted by Gasteiger charge is 2.43. The number of fused-ring (bicyclic) bond motifs is 19. The molecule has 2 aliphatic rings. The fourth-order valence-electron chi connectivity index (χ4n) is 11.1. The van der Waals surface area contributed by atoms with Crippen LogP contribution in [0.1, 0.15) is 49.9 Å². The van der Waals surface area contributed by atoms with Gasteiger partial charge in [0.05, 0.1) is 16.7 Å². The molecule has 0 N–H and O–H groups in total. The molecule has 0 saturated carbocycles. The van der Waals surface area contributed by atoms with Crippen molar-refractivity contribution in [1.82, 2.24) is 9.97 Å². The Bertz CT molecular complexity index is 3680. The molecular weight excluding hydrogens is 701 g/mol. The monoisotopic (exact) mass is 738 g/mol. The molecule has 0 radical (unpaired) electrons. The normalized spacial score (nSPS) is 14.8. The van der Waals surface area contributed by atoms with E-state index in [9.17, 15) is 0 Å². The molecule has 2 heteroatoms. The number of benzene rings is 9. The first-order valence-corrected chi connectivity index (χ1v) is 20.5. The second-order valence-electron chi connectivity index (χ2n) is 17.7. The van der Waals surface area contributed by atoms with Gasteiger partial charge in [0.15, 0.2) is 0 Å². The van der Waals surface area contributed by atoms with Gasteiger partial charge in [-0.2, -0.15) is 0 Å². The largest absolute Gasteiger partial charge is 0.254 e. The van der Waals surface area contributed by atoms with E-state index in [-0.39, 0.29) is 10.8 Å². The van der Waals surface area contributed by atoms with E-state index < -0.39 is 0 Å². The van der Waals surface area contributed by atoms with Crippen molar-refractivity contribution in [1.29, 1.82) is 0 Å². The minimum Gasteiger partial charge on any atom is -0.254 e. The zero-order chi connectivity index (χ0) is 38.7. The number of nitrogens with zero attached hydrogens (tertiary/aromatic N) is 2. The lowest BCUT2D eigenvalue weighted by Gasteiger charge is -2.24. The minimum absolute atomic E-state index is 0.183. The third-order valence-corrected chi connectivity index (χ3v) is 14.0. The summed E-state index contributed by atoms with van der Waals surface area (Å²) >= 11 is 0. The van der Waals surface area contributed by atoms with E-state index in [0.717, 1.165) is 27.5 Å². The molecule has 0 amide bonds. The fourth-order valence-corrected chi connectivity index (χ4v) is 11.1. The number of pyridine rings is 2. The van der Waals surface area contributed by atoms with E-state index in [0.29, 0.717) is 0 Å². The molecule has 0 aliphatic heterocycles. The van der Waals surface area contributed by atoms with Crippen LogP contribution in [0, 0.1) is 0 Å². The predicted octanol–water partition coefficient (Wildman–Crippen LogP) is 14.8. The molecule has 272 valence electrons. The zero-order valence-electron chi connectivity index (χ0n) is 32.9. The second kappa shape index (κ2) is 10.9. The van der Waals surface area contributed by atoms with Gasteiger partial charge >= 0.3 is 0 Å². The van der Waals surface area contributed by atoms with Crippen LogP contribution in [0.3, 0.4) is 0 Å². The van der Waals surface area contributed by atoms with Crippen LogP contribution in [-0.2, 0) is 10.8 Å². The van der Waals surface area contributed by atoms with Crippen LogP contribution in [0.4, 0.5) is 0 Å². The molecule has 13 rings (SSSR count). The van der Waals surface area contributed by atoms with Crippen molar-refractivity contribution in [3.8, 4) is 33.5 Å². The summed E-state index contributed by atoms with van der Waals surface area (Å²) < 4.78 is 0. The van der Waals surface area contributed by atoms with Crippen LogP contribution in [0.5, 0.6) is 0 Å². The lowest BCUT2D eigenvalue weighted by atomic mass is 9.78. The third-order valence-electron chi connectivity index (χ3n) is 14.0. The molecule has 0 fully saturated rings. The van der Waals surface area contributed by atoms with Gasteiger partial charge < -0.3 is 0 Å². The quantitative estimate of drug-likeness (QED) is 0.157. The third kappa shape index (κ3) is 4.02. The minimum atomic E-state index is -0.253. The fraction of sp³-hybridized carbons (Fsp3) is 0.107. The zero-order valence-corrected chi connectivity index (χ0v) is 32.9. The summed E-state index contributed by atoms with van der Waals surface area (Å²) in [6.07, 6.45) is 1.87. The van der Waals surface area contributed by atoms with Crippen molar-refractivity contribution in [2.75, 3.05) is 0 Å². The second-order valence-corrected chi connectivity index (χ2v) is 17.7. The lowest BCUT2D eigenvalue weighted by molar-refractivity contribution is 0.652. The van der Waals surface area contributed by atoms with Gasteiger partial charge in [-0.15, -0.1) is 0 Å². The van der Waals surface area contributed by atoms with Gasteiger partial charge in [0.25, 0.3) is 0 Å². The highest BCUT2D eigenvalue weighted by Crippen LogP contribution is 2.59. The van der Waals surface area contributed by atoms with E-state index in [1.54, 1.807) is 0 Å². The van der Waals surface area contributed by atoms with Crippen molar-refractivity contribution in [2.24, 2.45) is 0 Å². The van der Waals surface area contributed by atoms with Gasteiger partial charge in [0.1, 0.15) is 0 Å². The Morgan fingerprint density at radius 1 is 0.362 bits per heavy atom. The Hall–Kier alpha value is -6.90. The molecule has 0 saturated heterocycles. The van der Waals surface area contributed by atoms with Gasteiger partial charge in [0.2, 0.25) is 0 Å². The Labute approximate surface area is 336 Å². The molecule has 2 heterocycles. The first-order chi connectivity index (χ1) is 28.3. The standard InChI is InChI=1S/C56H38N2/c1-55(2)46-27-41-38-18-10-8-16-36(38)35-15-7-9-17-37(35)40(41)26-42(46)43-28-48-45(30-47(43)55)52-49(56(48,3)4)29-44(39-23-21-31-12-5-6-14-34(31)51(39)52)50-24-22-33-20-19-32-13-11-25-57-53(32)54(33)58-50/h5-30H,1-4H3. The van der Waals surface area contributed by atoms with E-state index in [1.165, 1.54) is 104 Å². The Kier molecular flexibility index (Phi) is 6.07. The summed E-state index contributed by atoms with van der Waals surface area (Å²) in [6.45, 7) is 9.72. The van der Waals surface area contributed by atoms with Gasteiger partial charge in [0, 0.05) is 33.4 Å². The number of hydrogen-bond acceptors (Lipinski definition) is 2. The van der Waals surface area contributed by atoms with Crippen molar-refractivity contribution in [3.05, 3.63) is 180 Å². The van der Waals surface area contributed by atoms with Crippen molar-refractivity contribution in [2.45, 2.75) is 38.5 Å². The average molecular weight is 739 g/mol. The van der Waals surface area contributed by atoms with Crippen LogP contribution in [-0.4, -0.2) is 9.97 Å². The molecule has 58 heavy (non-hydrogen) atoms. The summed E-state index contributed by atoms with van der Waals surface area (Å²) in [5, 5.41) is 15.2. The van der Waals surface area contributed by atoms with Crippen molar-refractivity contribution < 1.29 is 0 Å². The maximum absolute atomic E-state index is 5.42. The summed E-state index contributed by atoms with van der Waals surface area (Å²) in [4.78, 5) is 10.2. The topological polar surface area (TPSA) is 25.8 Å². The molecule has 0 atom stereocenters. The lowest BCUT2D eigenvalue weighted by Crippen LogP contribution is -2.17. The van der Waals surface area contributed by atoms with Gasteiger partial charge in [-0.1, -0.05) is 137 Å². The average Bonchev–Trinajstić information content (AvgIpc) is 3.62. The van der Waals surface area contributed by atoms with E-state index in [1.807, 2.05) is 12.3 Å². The maximum atomic E-state index is 5.42. The van der Waals surface area contributed by atoms with Gasteiger partial charge in [-0.05, 0) is 141 Å². The molecule has 2 nitrogen and oxygen atoms in total. The van der Waals surface area contributed by atoms with Crippen LogP contribution in [0.2, 0.25) is 0 Å². The van der Waals surface area contributed by atoms with Gasteiger partial charge in [-0.25, -0.2) is 4.98 Å². The summed E-state index contributed by atoms with van der Waals surface area (Å²) in [5.41, 5.74) is 14.6. The molecule has 11 aromatic rings. The van der Waals surface area contributed by atoms with Crippen LogP contribution >= 0.6 is 0 Å². The molecule has 2 aliphatic carbocycles. The SMILES string of the molecule is CC1(C)c2cc3c(cc2-c2cc4c5ccccc5c5ccccc5c4cc21)C(C)(C)c1cc(-c2ccc4ccc5cccnc5c4n2)c2ccc4ccccc4c2c1-3. The van der Waals surface area contributed by atoms with Crippen LogP contribution in [0.15, 0.2) is 158 Å². The van der Waals surface area contributed by atoms with E-state index >= 15 is 0 Å². The molecule has 0 spiro atoms. The Balaban J connectivity index is 1.10. The summed E-state index contributed by atoms with van der Waals surface area (Å²) in [5.74, 6) is 0. The number of aromatic nitrogens is 2. The molecule has 2 aromatic heterocycles. The predicted molar refractivity (Wildman–Crippen MR) is 245 cm³/mol. The molecule has 0 unspecified atom stereocenters. The highest BCUT2D eigenvalue weighted by molar-refractivity contribution is 6.26. The van der Waals surface area contributed by atoms with Crippen LogP contribution in [0.25, 0.3) is 109 Å². The van der Waals surface area contributed by atoms with Crippen molar-refractivity contribution >= 4 is 75.7 Å². The summed E-state index contributed by atoms with van der Waals surface area (Å²) in [7, 11) is 0. The first kappa shape index (κ1) is 32.2. The Morgan fingerprint density at radius 3 is 1.64 bits per heavy atom. The van der Waals surface area contributed by atoms with E-state index in [2.05, 4.69) is 173 Å². The molecular formula is C56H38N2. The molecule has 9 aromatic carbocycles. The highest BCUT2D eigenvalue weighted by atomic mass is 14.8. The number of rotatable bonds is 1. The number of hydrogen-bond donors (Lipinski definition) is 0. The first-order valence-electron chi connectivity index (χ1n) is 20.5. The van der Waals surface area contributed by atoms with Gasteiger partial charge in [-0.3, -0.25) is 4.98 Å². The summed E-state index contributed by atoms with van der Waals surface area (Å²) in [6, 6.07) is 56.9.